The summed E-state index contributed by atoms with van der Waals surface area (Å²) < 4.78 is 41.1. The van der Waals surface area contributed by atoms with Crippen molar-refractivity contribution < 1.29 is 18.3 Å². The van der Waals surface area contributed by atoms with Gasteiger partial charge in [0.2, 0.25) is 0 Å². The number of alkyl halides is 3. The van der Waals surface area contributed by atoms with Crippen LogP contribution in [0.15, 0.2) is 16.6 Å². The Morgan fingerprint density at radius 3 is 2.60 bits per heavy atom. The minimum Gasteiger partial charge on any atom is -0.390 e. The lowest BCUT2D eigenvalue weighted by molar-refractivity contribution is -0.136. The number of rotatable bonds is 1. The third-order valence-electron chi connectivity index (χ3n) is 3.53. The van der Waals surface area contributed by atoms with Crippen LogP contribution in [-0.2, 0) is 6.18 Å². The van der Waals surface area contributed by atoms with E-state index in [0.29, 0.717) is 17.3 Å². The van der Waals surface area contributed by atoms with Crippen LogP contribution >= 0.6 is 15.9 Å². The van der Waals surface area contributed by atoms with Crippen molar-refractivity contribution in [1.82, 2.24) is 15.0 Å². The Kier molecular flexibility index (Phi) is 2.88. The van der Waals surface area contributed by atoms with Gasteiger partial charge in [0.1, 0.15) is 11.0 Å². The van der Waals surface area contributed by atoms with Crippen molar-refractivity contribution in [2.45, 2.75) is 37.6 Å². The van der Waals surface area contributed by atoms with Crippen molar-refractivity contribution in [3.63, 3.8) is 0 Å². The Balaban J connectivity index is 2.16. The van der Waals surface area contributed by atoms with Gasteiger partial charge in [-0.05, 0) is 31.9 Å². The van der Waals surface area contributed by atoms with Crippen molar-refractivity contribution in [3.05, 3.63) is 22.2 Å². The van der Waals surface area contributed by atoms with E-state index in [9.17, 15) is 18.3 Å². The number of aromatic nitrogens is 3. The molecule has 108 valence electrons. The summed E-state index contributed by atoms with van der Waals surface area (Å²) in [6, 6.07) is 2.28. The Morgan fingerprint density at radius 2 is 2.05 bits per heavy atom. The SMILES string of the molecule is CC1(O)CC(n2nnc3cc(Br)cc(C(F)(F)F)c32)C1. The topological polar surface area (TPSA) is 50.9 Å². The molecule has 0 amide bonds. The van der Waals surface area contributed by atoms with E-state index in [1.165, 1.54) is 10.7 Å². The van der Waals surface area contributed by atoms with Gasteiger partial charge < -0.3 is 5.11 Å². The number of aliphatic hydroxyl groups is 1. The van der Waals surface area contributed by atoms with Crippen LogP contribution in [0.5, 0.6) is 0 Å². The zero-order valence-electron chi connectivity index (χ0n) is 10.4. The molecule has 1 N–H and O–H groups in total. The molecule has 0 saturated heterocycles. The second kappa shape index (κ2) is 4.17. The fourth-order valence-corrected chi connectivity index (χ4v) is 3.09. The summed E-state index contributed by atoms with van der Waals surface area (Å²) in [5.41, 5.74) is -1.44. The smallest absolute Gasteiger partial charge is 0.390 e. The highest BCUT2D eigenvalue weighted by Gasteiger charge is 2.42. The molecule has 0 spiro atoms. The lowest BCUT2D eigenvalue weighted by Gasteiger charge is -2.40. The van der Waals surface area contributed by atoms with Crippen molar-refractivity contribution in [3.8, 4) is 0 Å². The number of nitrogens with zero attached hydrogens (tertiary/aromatic N) is 3. The maximum atomic E-state index is 13.2. The minimum absolute atomic E-state index is 0.0267. The fourth-order valence-electron chi connectivity index (χ4n) is 2.64. The Labute approximate surface area is 120 Å². The molecule has 0 aliphatic heterocycles. The quantitative estimate of drug-likeness (QED) is 0.859. The van der Waals surface area contributed by atoms with Crippen molar-refractivity contribution in [2.24, 2.45) is 0 Å². The molecule has 1 aliphatic carbocycles. The molecule has 1 aromatic carbocycles. The zero-order valence-corrected chi connectivity index (χ0v) is 12.0. The lowest BCUT2D eigenvalue weighted by atomic mass is 9.77. The molecule has 3 rings (SSSR count). The molecule has 0 unspecified atom stereocenters. The van der Waals surface area contributed by atoms with E-state index in [1.807, 2.05) is 0 Å². The average molecular weight is 350 g/mol. The van der Waals surface area contributed by atoms with Gasteiger partial charge in [0.05, 0.1) is 17.2 Å². The van der Waals surface area contributed by atoms with E-state index in [4.69, 9.17) is 0 Å². The van der Waals surface area contributed by atoms with E-state index in [2.05, 4.69) is 26.2 Å². The Morgan fingerprint density at radius 1 is 1.40 bits per heavy atom. The van der Waals surface area contributed by atoms with Crippen LogP contribution in [0.25, 0.3) is 11.0 Å². The Bertz CT molecular complexity index is 672. The first-order chi connectivity index (χ1) is 9.17. The summed E-state index contributed by atoms with van der Waals surface area (Å²) in [6.07, 6.45) is -3.73. The summed E-state index contributed by atoms with van der Waals surface area (Å²) in [5, 5.41) is 17.4. The lowest BCUT2D eigenvalue weighted by Crippen LogP contribution is -2.42. The van der Waals surface area contributed by atoms with Gasteiger partial charge >= 0.3 is 6.18 Å². The molecule has 0 atom stereocenters. The zero-order chi connectivity index (χ0) is 14.7. The average Bonchev–Trinajstić information content (AvgIpc) is 2.66. The maximum Gasteiger partial charge on any atom is 0.418 e. The number of benzene rings is 1. The van der Waals surface area contributed by atoms with Crippen LogP contribution in [0, 0.1) is 0 Å². The highest BCUT2D eigenvalue weighted by atomic mass is 79.9. The number of fused-ring (bicyclic) bond motifs is 1. The van der Waals surface area contributed by atoms with E-state index >= 15 is 0 Å². The first-order valence-corrected chi connectivity index (χ1v) is 6.81. The van der Waals surface area contributed by atoms with Crippen LogP contribution < -0.4 is 0 Å². The summed E-state index contributed by atoms with van der Waals surface area (Å²) in [7, 11) is 0. The number of halogens is 4. The summed E-state index contributed by atoms with van der Waals surface area (Å²) in [5.74, 6) is 0. The largest absolute Gasteiger partial charge is 0.418 e. The molecule has 1 heterocycles. The van der Waals surface area contributed by atoms with E-state index in [-0.39, 0.29) is 17.1 Å². The summed E-state index contributed by atoms with van der Waals surface area (Å²) >= 11 is 3.05. The molecular weight excluding hydrogens is 339 g/mol. The van der Waals surface area contributed by atoms with Crippen LogP contribution in [-0.4, -0.2) is 25.7 Å². The molecule has 1 saturated carbocycles. The third-order valence-corrected chi connectivity index (χ3v) is 3.99. The van der Waals surface area contributed by atoms with Gasteiger partial charge in [0, 0.05) is 4.47 Å². The summed E-state index contributed by atoms with van der Waals surface area (Å²) in [4.78, 5) is 0. The third kappa shape index (κ3) is 2.20. The normalized spacial score (nSPS) is 26.8. The molecule has 8 heteroatoms. The fraction of sp³-hybridized carbons (Fsp3) is 0.500. The van der Waals surface area contributed by atoms with Crippen LogP contribution in [0.1, 0.15) is 31.4 Å². The van der Waals surface area contributed by atoms with Gasteiger partial charge in [0.25, 0.3) is 0 Å². The highest BCUT2D eigenvalue weighted by Crippen LogP contribution is 2.44. The number of hydrogen-bond acceptors (Lipinski definition) is 3. The van der Waals surface area contributed by atoms with Gasteiger partial charge in [-0.3, -0.25) is 0 Å². The predicted molar refractivity (Wildman–Crippen MR) is 69.1 cm³/mol. The predicted octanol–water partition coefficient (Wildman–Crippen LogP) is 3.30. The first-order valence-electron chi connectivity index (χ1n) is 6.01. The molecule has 2 aromatic rings. The van der Waals surface area contributed by atoms with Crippen molar-refractivity contribution >= 4 is 27.0 Å². The van der Waals surface area contributed by atoms with E-state index in [0.717, 1.165) is 6.07 Å². The van der Waals surface area contributed by atoms with Crippen molar-refractivity contribution in [2.75, 3.05) is 0 Å². The van der Waals surface area contributed by atoms with Gasteiger partial charge in [-0.2, -0.15) is 13.2 Å². The second-order valence-corrected chi connectivity index (χ2v) is 6.33. The molecule has 0 bridgehead atoms. The van der Waals surface area contributed by atoms with E-state index in [1.54, 1.807) is 6.92 Å². The van der Waals surface area contributed by atoms with E-state index < -0.39 is 17.3 Å². The molecular formula is C12H11BrF3N3O. The molecule has 1 aromatic heterocycles. The van der Waals surface area contributed by atoms with Crippen LogP contribution in [0.4, 0.5) is 13.2 Å². The molecule has 0 radical (unpaired) electrons. The molecule has 4 nitrogen and oxygen atoms in total. The van der Waals surface area contributed by atoms with Crippen LogP contribution in [0.3, 0.4) is 0 Å². The minimum atomic E-state index is -4.48. The summed E-state index contributed by atoms with van der Waals surface area (Å²) in [6.45, 7) is 1.66. The first kappa shape index (κ1) is 13.8. The molecule has 1 aliphatic rings. The van der Waals surface area contributed by atoms with Gasteiger partial charge in [0.15, 0.2) is 0 Å². The van der Waals surface area contributed by atoms with Gasteiger partial charge in [-0.1, -0.05) is 21.1 Å². The number of hydrogen-bond donors (Lipinski definition) is 1. The highest BCUT2D eigenvalue weighted by molar-refractivity contribution is 9.10. The molecule has 20 heavy (non-hydrogen) atoms. The second-order valence-electron chi connectivity index (χ2n) is 5.41. The van der Waals surface area contributed by atoms with Crippen molar-refractivity contribution in [1.29, 1.82) is 0 Å². The van der Waals surface area contributed by atoms with Gasteiger partial charge in [-0.25, -0.2) is 4.68 Å². The van der Waals surface area contributed by atoms with Crippen LogP contribution in [0.2, 0.25) is 0 Å². The molecule has 1 fully saturated rings. The maximum absolute atomic E-state index is 13.2. The Hall–Kier alpha value is -1.15. The standard InChI is InChI=1S/C12H11BrF3N3O/c1-11(20)4-7(5-11)19-10-8(12(14,15)16)2-6(13)3-9(10)17-18-19/h2-3,7,20H,4-5H2,1H3. The van der Waals surface area contributed by atoms with Gasteiger partial charge in [-0.15, -0.1) is 5.10 Å². The monoisotopic (exact) mass is 349 g/mol.